The van der Waals surface area contributed by atoms with Crippen LogP contribution in [0.2, 0.25) is 0 Å². The molecule has 0 saturated heterocycles. The van der Waals surface area contributed by atoms with Gasteiger partial charge < -0.3 is 20.5 Å². The summed E-state index contributed by atoms with van der Waals surface area (Å²) in [5, 5.41) is 10.1. The number of rotatable bonds is 5. The molecule has 21 heavy (non-hydrogen) atoms. The number of ether oxygens (including phenoxy) is 1. The number of amides is 1. The van der Waals surface area contributed by atoms with E-state index in [0.717, 1.165) is 19.3 Å². The van der Waals surface area contributed by atoms with Gasteiger partial charge in [0.05, 0.1) is 12.7 Å². The molecule has 0 spiro atoms. The molecule has 0 heterocycles. The first-order valence-electron chi connectivity index (χ1n) is 7.50. The summed E-state index contributed by atoms with van der Waals surface area (Å²) >= 11 is 0. The minimum Gasteiger partial charge on any atom is -0.507 e. The molecule has 0 bridgehead atoms. The molecule has 116 valence electrons. The normalized spacial score (nSPS) is 21.3. The van der Waals surface area contributed by atoms with E-state index < -0.39 is 0 Å². The summed E-state index contributed by atoms with van der Waals surface area (Å²) in [7, 11) is 1.53. The molecule has 2 rings (SSSR count). The number of carbonyl (C=O) groups is 1. The lowest BCUT2D eigenvalue weighted by molar-refractivity contribution is 0.0649. The van der Waals surface area contributed by atoms with Crippen molar-refractivity contribution < 1.29 is 14.6 Å². The van der Waals surface area contributed by atoms with Crippen LogP contribution in [0.15, 0.2) is 18.2 Å². The molecular formula is C16H24N2O3. The molecule has 5 nitrogen and oxygen atoms in total. The molecule has 2 unspecified atom stereocenters. The summed E-state index contributed by atoms with van der Waals surface area (Å²) in [6, 6.07) is 4.95. The number of methoxy groups -OCH3 is 1. The van der Waals surface area contributed by atoms with Crippen molar-refractivity contribution in [1.82, 2.24) is 4.90 Å². The lowest BCUT2D eigenvalue weighted by Crippen LogP contribution is -2.44. The topological polar surface area (TPSA) is 75.8 Å². The van der Waals surface area contributed by atoms with E-state index in [4.69, 9.17) is 10.5 Å². The molecule has 1 saturated carbocycles. The van der Waals surface area contributed by atoms with E-state index >= 15 is 0 Å². The Morgan fingerprint density at radius 2 is 2.24 bits per heavy atom. The van der Waals surface area contributed by atoms with Crippen molar-refractivity contribution in [3.05, 3.63) is 23.8 Å². The summed E-state index contributed by atoms with van der Waals surface area (Å²) in [5.41, 5.74) is 6.14. The van der Waals surface area contributed by atoms with Crippen LogP contribution >= 0.6 is 0 Å². The van der Waals surface area contributed by atoms with Crippen molar-refractivity contribution in [3.63, 3.8) is 0 Å². The van der Waals surface area contributed by atoms with Crippen molar-refractivity contribution in [2.45, 2.75) is 32.2 Å². The van der Waals surface area contributed by atoms with Crippen LogP contribution in [0.25, 0.3) is 0 Å². The first kappa shape index (κ1) is 15.6. The monoisotopic (exact) mass is 292 g/mol. The molecule has 3 N–H and O–H groups in total. The average molecular weight is 292 g/mol. The van der Waals surface area contributed by atoms with Crippen molar-refractivity contribution in [1.29, 1.82) is 0 Å². The van der Waals surface area contributed by atoms with Gasteiger partial charge in [-0.25, -0.2) is 0 Å². The van der Waals surface area contributed by atoms with Gasteiger partial charge >= 0.3 is 0 Å². The van der Waals surface area contributed by atoms with Crippen molar-refractivity contribution in [2.24, 2.45) is 11.7 Å². The molecule has 0 aromatic heterocycles. The van der Waals surface area contributed by atoms with Gasteiger partial charge in [-0.3, -0.25) is 4.79 Å². The van der Waals surface area contributed by atoms with Gasteiger partial charge in [0.1, 0.15) is 11.5 Å². The van der Waals surface area contributed by atoms with Gasteiger partial charge in [0, 0.05) is 18.7 Å². The molecular weight excluding hydrogens is 268 g/mol. The minimum atomic E-state index is -0.136. The fourth-order valence-corrected chi connectivity index (χ4v) is 3.21. The average Bonchev–Trinajstić information content (AvgIpc) is 2.96. The molecule has 1 aliphatic rings. The number of phenolic OH excluding ortho intramolecular Hbond substituents is 1. The maximum absolute atomic E-state index is 12.7. The lowest BCUT2D eigenvalue weighted by Gasteiger charge is -2.32. The first-order valence-corrected chi connectivity index (χ1v) is 7.50. The smallest absolute Gasteiger partial charge is 0.257 e. The second-order valence-electron chi connectivity index (χ2n) is 5.47. The Morgan fingerprint density at radius 3 is 2.81 bits per heavy atom. The Balaban J connectivity index is 2.24. The third-order valence-electron chi connectivity index (χ3n) is 4.36. The highest BCUT2D eigenvalue weighted by atomic mass is 16.5. The van der Waals surface area contributed by atoms with Crippen LogP contribution < -0.4 is 10.5 Å². The van der Waals surface area contributed by atoms with Crippen LogP contribution in [0.3, 0.4) is 0 Å². The Hall–Kier alpha value is -1.75. The number of aromatic hydroxyl groups is 1. The Bertz CT molecular complexity index is 504. The van der Waals surface area contributed by atoms with Crippen LogP contribution in [-0.2, 0) is 0 Å². The summed E-state index contributed by atoms with van der Waals surface area (Å²) in [6.07, 6.45) is 3.16. The number of nitrogens with two attached hydrogens (primary N) is 1. The highest BCUT2D eigenvalue weighted by Gasteiger charge is 2.34. The summed E-state index contributed by atoms with van der Waals surface area (Å²) in [5.74, 6) is 0.713. The van der Waals surface area contributed by atoms with Crippen LogP contribution in [0.5, 0.6) is 11.5 Å². The van der Waals surface area contributed by atoms with Crippen molar-refractivity contribution in [3.8, 4) is 11.5 Å². The Kier molecular flexibility index (Phi) is 5.07. The molecule has 2 atom stereocenters. The van der Waals surface area contributed by atoms with Gasteiger partial charge in [-0.1, -0.05) is 6.42 Å². The van der Waals surface area contributed by atoms with E-state index in [2.05, 4.69) is 0 Å². The number of nitrogens with zero attached hydrogens (tertiary/aromatic N) is 1. The third-order valence-corrected chi connectivity index (χ3v) is 4.36. The van der Waals surface area contributed by atoms with Gasteiger partial charge in [0.15, 0.2) is 0 Å². The summed E-state index contributed by atoms with van der Waals surface area (Å²) in [6.45, 7) is 3.18. The van der Waals surface area contributed by atoms with E-state index in [1.54, 1.807) is 12.1 Å². The fourth-order valence-electron chi connectivity index (χ4n) is 3.21. The van der Waals surface area contributed by atoms with Gasteiger partial charge in [0.25, 0.3) is 5.91 Å². The van der Waals surface area contributed by atoms with Gasteiger partial charge in [-0.05, 0) is 44.4 Å². The molecule has 1 aliphatic carbocycles. The maximum atomic E-state index is 12.7. The van der Waals surface area contributed by atoms with Crippen LogP contribution in [0.4, 0.5) is 0 Å². The highest BCUT2D eigenvalue weighted by Crippen LogP contribution is 2.32. The summed E-state index contributed by atoms with van der Waals surface area (Å²) in [4.78, 5) is 14.6. The molecule has 1 aromatic carbocycles. The number of hydrogen-bond acceptors (Lipinski definition) is 4. The highest BCUT2D eigenvalue weighted by molar-refractivity contribution is 5.97. The van der Waals surface area contributed by atoms with E-state index in [1.165, 1.54) is 13.2 Å². The summed E-state index contributed by atoms with van der Waals surface area (Å²) < 4.78 is 5.05. The standard InChI is InChI=1S/C16H24N2O3/c1-3-18(14-6-4-5-11(14)10-17)16(20)13-8-7-12(21-2)9-15(13)19/h7-9,11,14,19H,3-6,10,17H2,1-2H3. The molecule has 0 aliphatic heterocycles. The Labute approximate surface area is 125 Å². The number of hydrogen-bond donors (Lipinski definition) is 2. The molecule has 1 aromatic rings. The van der Waals surface area contributed by atoms with Crippen LogP contribution in [0, 0.1) is 5.92 Å². The molecule has 1 amide bonds. The van der Waals surface area contributed by atoms with Gasteiger partial charge in [-0.2, -0.15) is 0 Å². The van der Waals surface area contributed by atoms with E-state index in [1.807, 2.05) is 11.8 Å². The van der Waals surface area contributed by atoms with E-state index in [0.29, 0.717) is 30.3 Å². The predicted octanol–water partition coefficient (Wildman–Crippen LogP) is 1.99. The lowest BCUT2D eigenvalue weighted by atomic mass is 10.0. The SMILES string of the molecule is CCN(C(=O)c1ccc(OC)cc1O)C1CCCC1CN. The largest absolute Gasteiger partial charge is 0.507 e. The zero-order valence-corrected chi connectivity index (χ0v) is 12.7. The van der Waals surface area contributed by atoms with Crippen LogP contribution in [0.1, 0.15) is 36.5 Å². The zero-order valence-electron chi connectivity index (χ0n) is 12.7. The van der Waals surface area contributed by atoms with Gasteiger partial charge in [-0.15, -0.1) is 0 Å². The number of phenols is 1. The number of benzene rings is 1. The minimum absolute atomic E-state index is 0.0416. The van der Waals surface area contributed by atoms with Crippen molar-refractivity contribution >= 4 is 5.91 Å². The molecule has 0 radical (unpaired) electrons. The van der Waals surface area contributed by atoms with E-state index in [9.17, 15) is 9.90 Å². The number of carbonyl (C=O) groups excluding carboxylic acids is 1. The van der Waals surface area contributed by atoms with E-state index in [-0.39, 0.29) is 17.7 Å². The zero-order chi connectivity index (χ0) is 15.4. The first-order chi connectivity index (χ1) is 10.1. The fraction of sp³-hybridized carbons (Fsp3) is 0.562. The molecule has 1 fully saturated rings. The van der Waals surface area contributed by atoms with Crippen LogP contribution in [-0.4, -0.2) is 42.2 Å². The van der Waals surface area contributed by atoms with Gasteiger partial charge in [0.2, 0.25) is 0 Å². The van der Waals surface area contributed by atoms with Crippen molar-refractivity contribution in [2.75, 3.05) is 20.2 Å². The third kappa shape index (κ3) is 3.13. The Morgan fingerprint density at radius 1 is 1.48 bits per heavy atom. The second-order valence-corrected chi connectivity index (χ2v) is 5.47. The predicted molar refractivity (Wildman–Crippen MR) is 81.6 cm³/mol. The second kappa shape index (κ2) is 6.80. The maximum Gasteiger partial charge on any atom is 0.257 e. The quantitative estimate of drug-likeness (QED) is 0.870. The molecule has 5 heteroatoms.